The first-order valence-corrected chi connectivity index (χ1v) is 5.88. The molecule has 0 spiro atoms. The van der Waals surface area contributed by atoms with E-state index in [9.17, 15) is 0 Å². The first kappa shape index (κ1) is 12.0. The normalized spacial score (nSPS) is 11.5. The van der Waals surface area contributed by atoms with E-state index in [0.29, 0.717) is 12.0 Å². The number of terminal acetylenes is 1. The van der Waals surface area contributed by atoms with Gasteiger partial charge in [0.25, 0.3) is 0 Å². The number of nitrogens with zero attached hydrogens (tertiary/aromatic N) is 1. The molecule has 0 aromatic heterocycles. The highest BCUT2D eigenvalue weighted by Crippen LogP contribution is 2.26. The summed E-state index contributed by atoms with van der Waals surface area (Å²) in [5, 5.41) is 14.5. The second kappa shape index (κ2) is 5.25. The van der Waals surface area contributed by atoms with Crippen LogP contribution in [0.15, 0.2) is 36.4 Å². The van der Waals surface area contributed by atoms with Gasteiger partial charge in [-0.1, -0.05) is 24.3 Å². The summed E-state index contributed by atoms with van der Waals surface area (Å²) in [6, 6.07) is 14.1. The fourth-order valence-electron chi connectivity index (χ4n) is 2.02. The SMILES string of the molecule is C#CCC(C)Nc1ccc(C#N)c2ccccc12. The molecule has 0 saturated carbocycles. The maximum atomic E-state index is 9.10. The molecule has 2 rings (SSSR count). The van der Waals surface area contributed by atoms with Crippen LogP contribution < -0.4 is 5.32 Å². The van der Waals surface area contributed by atoms with E-state index in [1.807, 2.05) is 43.3 Å². The summed E-state index contributed by atoms with van der Waals surface area (Å²) in [7, 11) is 0. The van der Waals surface area contributed by atoms with Crippen molar-refractivity contribution in [3.63, 3.8) is 0 Å². The van der Waals surface area contributed by atoms with Gasteiger partial charge in [0.05, 0.1) is 11.6 Å². The van der Waals surface area contributed by atoms with Crippen LogP contribution in [0.1, 0.15) is 18.9 Å². The average molecular weight is 234 g/mol. The molecule has 2 nitrogen and oxygen atoms in total. The van der Waals surface area contributed by atoms with Gasteiger partial charge in [0.15, 0.2) is 0 Å². The van der Waals surface area contributed by atoms with Crippen LogP contribution >= 0.6 is 0 Å². The van der Waals surface area contributed by atoms with Gasteiger partial charge < -0.3 is 5.32 Å². The molecule has 0 aliphatic heterocycles. The van der Waals surface area contributed by atoms with Crippen LogP contribution in [0.2, 0.25) is 0 Å². The molecule has 1 atom stereocenters. The van der Waals surface area contributed by atoms with E-state index >= 15 is 0 Å². The van der Waals surface area contributed by atoms with Crippen molar-refractivity contribution < 1.29 is 0 Å². The predicted molar refractivity (Wildman–Crippen MR) is 75.2 cm³/mol. The van der Waals surface area contributed by atoms with Gasteiger partial charge >= 0.3 is 0 Å². The minimum atomic E-state index is 0.214. The molecular weight excluding hydrogens is 220 g/mol. The molecular formula is C16H14N2. The van der Waals surface area contributed by atoms with Gasteiger partial charge in [-0.15, -0.1) is 12.3 Å². The Morgan fingerprint density at radius 3 is 2.61 bits per heavy atom. The van der Waals surface area contributed by atoms with E-state index in [2.05, 4.69) is 17.3 Å². The summed E-state index contributed by atoms with van der Waals surface area (Å²) in [5.74, 6) is 2.64. The highest BCUT2D eigenvalue weighted by atomic mass is 14.9. The van der Waals surface area contributed by atoms with Crippen LogP contribution in [0.5, 0.6) is 0 Å². The molecule has 0 saturated heterocycles. The fourth-order valence-corrected chi connectivity index (χ4v) is 2.02. The molecule has 0 bridgehead atoms. The Labute approximate surface area is 107 Å². The quantitative estimate of drug-likeness (QED) is 0.824. The number of anilines is 1. The first-order chi connectivity index (χ1) is 8.76. The predicted octanol–water partition coefficient (Wildman–Crippen LogP) is 3.54. The van der Waals surface area contributed by atoms with E-state index in [1.54, 1.807) is 0 Å². The Morgan fingerprint density at radius 1 is 1.22 bits per heavy atom. The van der Waals surface area contributed by atoms with Crippen LogP contribution in [-0.2, 0) is 0 Å². The van der Waals surface area contributed by atoms with Crippen LogP contribution in [0.3, 0.4) is 0 Å². The molecule has 0 heterocycles. The van der Waals surface area contributed by atoms with Crippen molar-refractivity contribution >= 4 is 16.5 Å². The van der Waals surface area contributed by atoms with E-state index in [0.717, 1.165) is 16.5 Å². The fraction of sp³-hybridized carbons (Fsp3) is 0.188. The molecule has 0 radical (unpaired) electrons. The topological polar surface area (TPSA) is 35.8 Å². The summed E-state index contributed by atoms with van der Waals surface area (Å²) in [4.78, 5) is 0. The van der Waals surface area contributed by atoms with Gasteiger partial charge in [-0.25, -0.2) is 0 Å². The highest BCUT2D eigenvalue weighted by molar-refractivity contribution is 5.97. The van der Waals surface area contributed by atoms with E-state index in [-0.39, 0.29) is 6.04 Å². The molecule has 0 fully saturated rings. The summed E-state index contributed by atoms with van der Waals surface area (Å²) in [5.41, 5.74) is 1.72. The molecule has 0 aliphatic carbocycles. The minimum absolute atomic E-state index is 0.214. The van der Waals surface area contributed by atoms with Crippen LogP contribution in [0.4, 0.5) is 5.69 Å². The van der Waals surface area contributed by atoms with Crippen LogP contribution in [-0.4, -0.2) is 6.04 Å². The summed E-state index contributed by atoms with van der Waals surface area (Å²) in [6.07, 6.45) is 5.98. The third-order valence-corrected chi connectivity index (χ3v) is 2.87. The van der Waals surface area contributed by atoms with Gasteiger partial charge in [0.1, 0.15) is 0 Å². The molecule has 0 amide bonds. The highest BCUT2D eigenvalue weighted by Gasteiger charge is 2.07. The van der Waals surface area contributed by atoms with Crippen molar-refractivity contribution in [2.75, 3.05) is 5.32 Å². The molecule has 18 heavy (non-hydrogen) atoms. The van der Waals surface area contributed by atoms with Crippen molar-refractivity contribution in [1.29, 1.82) is 5.26 Å². The molecule has 1 N–H and O–H groups in total. The molecule has 0 aliphatic rings. The lowest BCUT2D eigenvalue weighted by Crippen LogP contribution is -2.14. The largest absolute Gasteiger partial charge is 0.381 e. The molecule has 2 aromatic rings. The Morgan fingerprint density at radius 2 is 1.94 bits per heavy atom. The van der Waals surface area contributed by atoms with E-state index < -0.39 is 0 Å². The standard InChI is InChI=1S/C16H14N2/c1-3-6-12(2)18-16-10-9-13(11-17)14-7-4-5-8-15(14)16/h1,4-5,7-10,12,18H,6H2,2H3. The number of hydrogen-bond acceptors (Lipinski definition) is 2. The van der Waals surface area contributed by atoms with Gasteiger partial charge in [-0.3, -0.25) is 0 Å². The zero-order valence-corrected chi connectivity index (χ0v) is 10.3. The van der Waals surface area contributed by atoms with Gasteiger partial charge in [-0.05, 0) is 19.1 Å². The Hall–Kier alpha value is -2.45. The van der Waals surface area contributed by atoms with Crippen molar-refractivity contribution in [3.8, 4) is 18.4 Å². The number of hydrogen-bond donors (Lipinski definition) is 1. The lowest BCUT2D eigenvalue weighted by atomic mass is 10.0. The number of nitrogens with one attached hydrogen (secondary N) is 1. The Kier molecular flexibility index (Phi) is 3.51. The van der Waals surface area contributed by atoms with Crippen LogP contribution in [0.25, 0.3) is 10.8 Å². The van der Waals surface area contributed by atoms with Gasteiger partial charge in [-0.2, -0.15) is 5.26 Å². The number of nitriles is 1. The Balaban J connectivity index is 2.48. The zero-order chi connectivity index (χ0) is 13.0. The number of fused-ring (bicyclic) bond motifs is 1. The number of rotatable bonds is 3. The van der Waals surface area contributed by atoms with E-state index in [1.165, 1.54) is 0 Å². The second-order valence-corrected chi connectivity index (χ2v) is 4.27. The summed E-state index contributed by atoms with van der Waals surface area (Å²) < 4.78 is 0. The van der Waals surface area contributed by atoms with Gasteiger partial charge in [0.2, 0.25) is 0 Å². The van der Waals surface area contributed by atoms with Crippen molar-refractivity contribution in [1.82, 2.24) is 0 Å². The molecule has 2 aromatic carbocycles. The van der Waals surface area contributed by atoms with Crippen molar-refractivity contribution in [3.05, 3.63) is 42.0 Å². The summed E-state index contributed by atoms with van der Waals surface area (Å²) in [6.45, 7) is 2.05. The third kappa shape index (κ3) is 2.29. The lowest BCUT2D eigenvalue weighted by molar-refractivity contribution is 0.830. The minimum Gasteiger partial charge on any atom is -0.381 e. The Bertz CT molecular complexity index is 644. The van der Waals surface area contributed by atoms with Gasteiger partial charge in [0, 0.05) is 28.9 Å². The maximum absolute atomic E-state index is 9.10. The monoisotopic (exact) mass is 234 g/mol. The van der Waals surface area contributed by atoms with Crippen molar-refractivity contribution in [2.45, 2.75) is 19.4 Å². The van der Waals surface area contributed by atoms with E-state index in [4.69, 9.17) is 11.7 Å². The molecule has 1 unspecified atom stereocenters. The second-order valence-electron chi connectivity index (χ2n) is 4.27. The third-order valence-electron chi connectivity index (χ3n) is 2.87. The average Bonchev–Trinajstić information content (AvgIpc) is 2.39. The summed E-state index contributed by atoms with van der Waals surface area (Å²) >= 11 is 0. The first-order valence-electron chi connectivity index (χ1n) is 5.88. The number of benzene rings is 2. The van der Waals surface area contributed by atoms with Crippen molar-refractivity contribution in [2.24, 2.45) is 0 Å². The molecule has 88 valence electrons. The van der Waals surface area contributed by atoms with Crippen LogP contribution in [0, 0.1) is 23.7 Å². The maximum Gasteiger partial charge on any atom is 0.0998 e. The zero-order valence-electron chi connectivity index (χ0n) is 10.3. The lowest BCUT2D eigenvalue weighted by Gasteiger charge is -2.15. The smallest absolute Gasteiger partial charge is 0.0998 e. The molecule has 2 heteroatoms.